The van der Waals surface area contributed by atoms with Gasteiger partial charge in [-0.05, 0) is 43.7 Å². The molecule has 0 saturated heterocycles. The van der Waals surface area contributed by atoms with Crippen LogP contribution >= 0.6 is 23.2 Å². The summed E-state index contributed by atoms with van der Waals surface area (Å²) in [5, 5.41) is 4.40. The van der Waals surface area contributed by atoms with Crippen molar-refractivity contribution in [2.75, 3.05) is 0 Å². The topological polar surface area (TPSA) is 21.3 Å². The first-order chi connectivity index (χ1) is 11.0. The van der Waals surface area contributed by atoms with E-state index >= 15 is 0 Å². The maximum absolute atomic E-state index is 13.8. The van der Waals surface area contributed by atoms with Crippen molar-refractivity contribution in [2.45, 2.75) is 39.5 Å². The number of rotatable bonds is 7. The lowest BCUT2D eigenvalue weighted by Crippen LogP contribution is -2.24. The highest BCUT2D eigenvalue weighted by Crippen LogP contribution is 2.26. The van der Waals surface area contributed by atoms with E-state index in [9.17, 15) is 4.39 Å². The number of ether oxygens (including phenoxy) is 1. The summed E-state index contributed by atoms with van der Waals surface area (Å²) in [6.07, 6.45) is 1.03. The van der Waals surface area contributed by atoms with Gasteiger partial charge in [0, 0.05) is 28.7 Å². The van der Waals surface area contributed by atoms with E-state index in [0.29, 0.717) is 33.9 Å². The van der Waals surface area contributed by atoms with Crippen LogP contribution in [-0.2, 0) is 13.2 Å². The Balaban J connectivity index is 2.13. The lowest BCUT2D eigenvalue weighted by Gasteiger charge is -2.16. The molecule has 0 heterocycles. The molecule has 0 aromatic heterocycles. The molecule has 124 valence electrons. The third-order valence-electron chi connectivity index (χ3n) is 3.71. The Morgan fingerprint density at radius 3 is 2.70 bits per heavy atom. The van der Waals surface area contributed by atoms with Crippen LogP contribution in [0.3, 0.4) is 0 Å². The zero-order valence-corrected chi connectivity index (χ0v) is 14.7. The lowest BCUT2D eigenvalue weighted by atomic mass is 10.1. The van der Waals surface area contributed by atoms with Gasteiger partial charge >= 0.3 is 0 Å². The van der Waals surface area contributed by atoms with Gasteiger partial charge < -0.3 is 10.1 Å². The average Bonchev–Trinajstić information content (AvgIpc) is 2.53. The van der Waals surface area contributed by atoms with Crippen LogP contribution in [0.25, 0.3) is 0 Å². The molecule has 0 radical (unpaired) electrons. The molecular formula is C18H20Cl2FNO. The van der Waals surface area contributed by atoms with Crippen molar-refractivity contribution >= 4 is 23.2 Å². The summed E-state index contributed by atoms with van der Waals surface area (Å²) in [7, 11) is 0. The van der Waals surface area contributed by atoms with E-state index in [1.165, 1.54) is 6.07 Å². The highest BCUT2D eigenvalue weighted by atomic mass is 35.5. The van der Waals surface area contributed by atoms with Crippen molar-refractivity contribution < 1.29 is 9.13 Å². The molecule has 0 saturated carbocycles. The van der Waals surface area contributed by atoms with Crippen LogP contribution in [0.1, 0.15) is 31.4 Å². The SMILES string of the molecule is CC[C@@H](C)NCc1cc(Cl)ccc1OCc1c(F)cccc1Cl. The minimum atomic E-state index is -0.370. The minimum absolute atomic E-state index is 0.0729. The number of halogens is 3. The van der Waals surface area contributed by atoms with Gasteiger partial charge in [-0.2, -0.15) is 0 Å². The third-order valence-corrected chi connectivity index (χ3v) is 4.30. The summed E-state index contributed by atoms with van der Waals surface area (Å²) >= 11 is 12.1. The second-order valence-electron chi connectivity index (χ2n) is 5.43. The quantitative estimate of drug-likeness (QED) is 0.697. The Hall–Kier alpha value is -1.29. The van der Waals surface area contributed by atoms with Crippen LogP contribution < -0.4 is 10.1 Å². The normalized spacial score (nSPS) is 12.2. The molecule has 2 rings (SSSR count). The van der Waals surface area contributed by atoms with Gasteiger partial charge in [0.05, 0.1) is 5.02 Å². The first kappa shape index (κ1) is 18.1. The highest BCUT2D eigenvalue weighted by Gasteiger charge is 2.11. The van der Waals surface area contributed by atoms with Gasteiger partial charge in [0.1, 0.15) is 18.2 Å². The molecule has 5 heteroatoms. The smallest absolute Gasteiger partial charge is 0.131 e. The second kappa shape index (κ2) is 8.53. The molecule has 0 aliphatic heterocycles. The summed E-state index contributed by atoms with van der Waals surface area (Å²) < 4.78 is 19.6. The summed E-state index contributed by atoms with van der Waals surface area (Å²) in [4.78, 5) is 0. The van der Waals surface area contributed by atoms with Gasteiger partial charge in [0.25, 0.3) is 0 Å². The Bertz CT molecular complexity index is 643. The second-order valence-corrected chi connectivity index (χ2v) is 6.27. The number of benzene rings is 2. The van der Waals surface area contributed by atoms with Crippen LogP contribution in [0.4, 0.5) is 4.39 Å². The fourth-order valence-electron chi connectivity index (χ4n) is 2.08. The molecule has 1 N–H and O–H groups in total. The van der Waals surface area contributed by atoms with Crippen LogP contribution in [-0.4, -0.2) is 6.04 Å². The molecule has 0 aliphatic rings. The molecule has 1 atom stereocenters. The van der Waals surface area contributed by atoms with Crippen LogP contribution in [0.15, 0.2) is 36.4 Å². The van der Waals surface area contributed by atoms with Crippen LogP contribution in [0, 0.1) is 5.82 Å². The van der Waals surface area contributed by atoms with Crippen molar-refractivity contribution in [3.63, 3.8) is 0 Å². The van der Waals surface area contributed by atoms with Crippen molar-refractivity contribution in [1.29, 1.82) is 0 Å². The zero-order valence-electron chi connectivity index (χ0n) is 13.2. The zero-order chi connectivity index (χ0) is 16.8. The standard InChI is InChI=1S/C18H20Cl2FNO/c1-3-12(2)22-10-13-9-14(19)7-8-18(13)23-11-15-16(20)5-4-6-17(15)21/h4-9,12,22H,3,10-11H2,1-2H3/t12-/m1/s1. The van der Waals surface area contributed by atoms with E-state index in [1.54, 1.807) is 24.3 Å². The Kier molecular flexibility index (Phi) is 6.70. The average molecular weight is 356 g/mol. The molecular weight excluding hydrogens is 336 g/mol. The molecule has 2 aromatic carbocycles. The first-order valence-electron chi connectivity index (χ1n) is 7.58. The van der Waals surface area contributed by atoms with E-state index in [-0.39, 0.29) is 12.4 Å². The maximum Gasteiger partial charge on any atom is 0.131 e. The molecule has 0 amide bonds. The predicted molar refractivity (Wildman–Crippen MR) is 93.8 cm³/mol. The van der Waals surface area contributed by atoms with Gasteiger partial charge in [-0.25, -0.2) is 4.39 Å². The van der Waals surface area contributed by atoms with Crippen molar-refractivity contribution in [2.24, 2.45) is 0 Å². The fraction of sp³-hybridized carbons (Fsp3) is 0.333. The van der Waals surface area contributed by atoms with E-state index in [1.807, 2.05) is 6.07 Å². The van der Waals surface area contributed by atoms with E-state index in [4.69, 9.17) is 27.9 Å². The van der Waals surface area contributed by atoms with Crippen molar-refractivity contribution in [3.05, 3.63) is 63.4 Å². The number of nitrogens with one attached hydrogen (secondary N) is 1. The fourth-order valence-corrected chi connectivity index (χ4v) is 2.49. The van der Waals surface area contributed by atoms with Crippen molar-refractivity contribution in [1.82, 2.24) is 5.32 Å². The summed E-state index contributed by atoms with van der Waals surface area (Å²) in [5.41, 5.74) is 1.29. The van der Waals surface area contributed by atoms with Crippen molar-refractivity contribution in [3.8, 4) is 5.75 Å². The van der Waals surface area contributed by atoms with Gasteiger partial charge in [0.2, 0.25) is 0 Å². The highest BCUT2D eigenvalue weighted by molar-refractivity contribution is 6.31. The van der Waals surface area contributed by atoms with Gasteiger partial charge in [-0.1, -0.05) is 36.2 Å². The molecule has 0 unspecified atom stereocenters. The Labute approximate surface area is 146 Å². The van der Waals surface area contributed by atoms with Gasteiger partial charge in [0.15, 0.2) is 0 Å². The molecule has 0 aliphatic carbocycles. The lowest BCUT2D eigenvalue weighted by molar-refractivity contribution is 0.295. The van der Waals surface area contributed by atoms with Crippen LogP contribution in [0.5, 0.6) is 5.75 Å². The van der Waals surface area contributed by atoms with E-state index in [0.717, 1.165) is 12.0 Å². The summed E-state index contributed by atoms with van der Waals surface area (Å²) in [6.45, 7) is 4.94. The third kappa shape index (κ3) is 5.10. The molecule has 23 heavy (non-hydrogen) atoms. The molecule has 0 fully saturated rings. The monoisotopic (exact) mass is 355 g/mol. The molecule has 2 nitrogen and oxygen atoms in total. The van der Waals surface area contributed by atoms with Gasteiger partial charge in [-0.3, -0.25) is 0 Å². The number of hydrogen-bond acceptors (Lipinski definition) is 2. The van der Waals surface area contributed by atoms with Gasteiger partial charge in [-0.15, -0.1) is 0 Å². The molecule has 2 aromatic rings. The molecule has 0 bridgehead atoms. The van der Waals surface area contributed by atoms with E-state index in [2.05, 4.69) is 19.2 Å². The largest absolute Gasteiger partial charge is 0.488 e. The summed E-state index contributed by atoms with van der Waals surface area (Å²) in [6, 6.07) is 10.4. The predicted octanol–water partition coefficient (Wildman–Crippen LogP) is 5.60. The maximum atomic E-state index is 13.8. The van der Waals surface area contributed by atoms with E-state index < -0.39 is 0 Å². The minimum Gasteiger partial charge on any atom is -0.488 e. The Morgan fingerprint density at radius 1 is 1.22 bits per heavy atom. The summed E-state index contributed by atoms with van der Waals surface area (Å²) in [5.74, 6) is 0.301. The first-order valence-corrected chi connectivity index (χ1v) is 8.34. The molecule has 0 spiro atoms. The van der Waals surface area contributed by atoms with Crippen LogP contribution in [0.2, 0.25) is 10.0 Å². The Morgan fingerprint density at radius 2 is 2.00 bits per heavy atom. The number of hydrogen-bond donors (Lipinski definition) is 1.